The molecule has 4 heteroatoms. The zero-order valence-electron chi connectivity index (χ0n) is 8.01. The summed E-state index contributed by atoms with van der Waals surface area (Å²) in [6, 6.07) is 5.72. The van der Waals surface area contributed by atoms with E-state index in [1.165, 1.54) is 7.11 Å². The van der Waals surface area contributed by atoms with Crippen LogP contribution in [0.15, 0.2) is 24.4 Å². The fourth-order valence-electron chi connectivity index (χ4n) is 1.41. The highest BCUT2D eigenvalue weighted by molar-refractivity contribution is 5.78. The molecule has 1 aliphatic rings. The third kappa shape index (κ3) is 1.90. The fraction of sp³-hybridized carbons (Fsp3) is 0.400. The summed E-state index contributed by atoms with van der Waals surface area (Å²) in [5, 5.41) is 0. The number of nitrogens with zero attached hydrogens (tertiary/aromatic N) is 2. The van der Waals surface area contributed by atoms with E-state index in [0.29, 0.717) is 0 Å². The second-order valence-electron chi connectivity index (χ2n) is 3.29. The normalized spacial score (nSPS) is 24.4. The lowest BCUT2D eigenvalue weighted by atomic mass is 10.3. The molecule has 0 spiro atoms. The summed E-state index contributed by atoms with van der Waals surface area (Å²) in [5.74, 6) is -0.152. The van der Waals surface area contributed by atoms with E-state index >= 15 is 0 Å². The second-order valence-corrected chi connectivity index (χ2v) is 3.29. The van der Waals surface area contributed by atoms with Crippen LogP contribution in [0.25, 0.3) is 0 Å². The van der Waals surface area contributed by atoms with E-state index in [1.54, 1.807) is 6.20 Å². The third-order valence-electron chi connectivity index (χ3n) is 2.28. The Hall–Kier alpha value is -1.42. The Morgan fingerprint density at radius 2 is 2.57 bits per heavy atom. The van der Waals surface area contributed by atoms with Crippen LogP contribution in [0, 0.1) is 0 Å². The molecule has 2 atom stereocenters. The van der Waals surface area contributed by atoms with Crippen molar-refractivity contribution in [3.63, 3.8) is 0 Å². The van der Waals surface area contributed by atoms with E-state index in [0.717, 1.165) is 18.8 Å². The Morgan fingerprint density at radius 1 is 1.71 bits per heavy atom. The van der Waals surface area contributed by atoms with Gasteiger partial charge in [0, 0.05) is 19.3 Å². The van der Waals surface area contributed by atoms with Crippen LogP contribution in [0.3, 0.4) is 0 Å². The molecule has 0 bridgehead atoms. The van der Waals surface area contributed by atoms with Gasteiger partial charge in [0.25, 0.3) is 0 Å². The van der Waals surface area contributed by atoms with Crippen LogP contribution in [0.2, 0.25) is 0 Å². The number of rotatable bonds is 3. The van der Waals surface area contributed by atoms with E-state index in [2.05, 4.69) is 9.72 Å². The number of ether oxygens (including phenoxy) is 1. The molecule has 2 rings (SSSR count). The molecule has 0 amide bonds. The van der Waals surface area contributed by atoms with Gasteiger partial charge >= 0.3 is 5.97 Å². The van der Waals surface area contributed by atoms with Crippen LogP contribution >= 0.6 is 0 Å². The Balaban J connectivity index is 1.88. The number of carbonyl (C=O) groups excluding carboxylic acids is 1. The maximum Gasteiger partial charge on any atom is 0.324 e. The highest BCUT2D eigenvalue weighted by Gasteiger charge is 2.41. The van der Waals surface area contributed by atoms with Crippen molar-refractivity contribution in [2.75, 3.05) is 13.7 Å². The summed E-state index contributed by atoms with van der Waals surface area (Å²) >= 11 is 0. The van der Waals surface area contributed by atoms with Gasteiger partial charge in [-0.15, -0.1) is 0 Å². The lowest BCUT2D eigenvalue weighted by Crippen LogP contribution is -2.14. The molecule has 1 aliphatic heterocycles. The molecule has 2 heterocycles. The van der Waals surface area contributed by atoms with Crippen LogP contribution in [0.5, 0.6) is 0 Å². The van der Waals surface area contributed by atoms with Crippen molar-refractivity contribution in [1.82, 2.24) is 9.88 Å². The number of hydrogen-bond donors (Lipinski definition) is 0. The topological polar surface area (TPSA) is 42.2 Å². The van der Waals surface area contributed by atoms with Crippen LogP contribution < -0.4 is 0 Å². The lowest BCUT2D eigenvalue weighted by Gasteiger charge is -2.01. The van der Waals surface area contributed by atoms with Crippen molar-refractivity contribution in [3.05, 3.63) is 30.1 Å². The van der Waals surface area contributed by atoms with E-state index in [4.69, 9.17) is 0 Å². The van der Waals surface area contributed by atoms with Gasteiger partial charge in [-0.1, -0.05) is 6.07 Å². The molecule has 4 nitrogen and oxygen atoms in total. The first-order valence-corrected chi connectivity index (χ1v) is 4.53. The first-order valence-electron chi connectivity index (χ1n) is 4.53. The van der Waals surface area contributed by atoms with Gasteiger partial charge in [-0.25, -0.2) is 0 Å². The van der Waals surface area contributed by atoms with Gasteiger partial charge in [-0.3, -0.25) is 14.7 Å². The minimum atomic E-state index is -0.152. The molecule has 0 saturated carbocycles. The number of methoxy groups -OCH3 is 1. The number of esters is 1. The average Bonchev–Trinajstić information content (AvgIpc) is 2.98. The number of hydrogen-bond acceptors (Lipinski definition) is 4. The van der Waals surface area contributed by atoms with Crippen molar-refractivity contribution in [2.24, 2.45) is 0 Å². The summed E-state index contributed by atoms with van der Waals surface area (Å²) in [6.07, 6.45) is 1.76. The summed E-state index contributed by atoms with van der Waals surface area (Å²) in [7, 11) is 1.42. The van der Waals surface area contributed by atoms with Gasteiger partial charge in [0.05, 0.1) is 12.8 Å². The smallest absolute Gasteiger partial charge is 0.324 e. The van der Waals surface area contributed by atoms with E-state index in [9.17, 15) is 4.79 Å². The molecule has 0 aliphatic carbocycles. The highest BCUT2D eigenvalue weighted by Crippen LogP contribution is 2.20. The molecular weight excluding hydrogens is 180 g/mol. The van der Waals surface area contributed by atoms with Crippen LogP contribution in [0.1, 0.15) is 5.69 Å². The molecular formula is C10H12N2O2. The van der Waals surface area contributed by atoms with Crippen molar-refractivity contribution in [1.29, 1.82) is 0 Å². The first kappa shape index (κ1) is 9.15. The van der Waals surface area contributed by atoms with Crippen molar-refractivity contribution in [2.45, 2.75) is 12.6 Å². The van der Waals surface area contributed by atoms with Gasteiger partial charge in [0.15, 0.2) is 0 Å². The SMILES string of the molecule is COC(=O)C1CN1Cc1ccccn1. The van der Waals surface area contributed by atoms with Gasteiger partial charge in [-0.05, 0) is 12.1 Å². The van der Waals surface area contributed by atoms with E-state index in [-0.39, 0.29) is 12.0 Å². The maximum absolute atomic E-state index is 11.1. The second kappa shape index (κ2) is 3.75. The Bertz CT molecular complexity index is 326. The zero-order chi connectivity index (χ0) is 9.97. The molecule has 14 heavy (non-hydrogen) atoms. The summed E-state index contributed by atoms with van der Waals surface area (Å²) in [4.78, 5) is 17.3. The Labute approximate surface area is 82.5 Å². The zero-order valence-corrected chi connectivity index (χ0v) is 8.01. The van der Waals surface area contributed by atoms with Gasteiger partial charge < -0.3 is 4.74 Å². The summed E-state index contributed by atoms with van der Waals surface area (Å²) in [6.45, 7) is 1.50. The number of carbonyl (C=O) groups is 1. The lowest BCUT2D eigenvalue weighted by molar-refractivity contribution is -0.140. The highest BCUT2D eigenvalue weighted by atomic mass is 16.5. The number of pyridine rings is 1. The van der Waals surface area contributed by atoms with Gasteiger partial charge in [0.1, 0.15) is 6.04 Å². The molecule has 0 N–H and O–H groups in total. The van der Waals surface area contributed by atoms with Crippen molar-refractivity contribution < 1.29 is 9.53 Å². The molecule has 1 saturated heterocycles. The number of aromatic nitrogens is 1. The van der Waals surface area contributed by atoms with Crippen LogP contribution in [-0.4, -0.2) is 35.5 Å². The molecule has 0 aromatic carbocycles. The first-order chi connectivity index (χ1) is 6.81. The van der Waals surface area contributed by atoms with E-state index in [1.807, 2.05) is 23.1 Å². The molecule has 2 unspecified atom stereocenters. The van der Waals surface area contributed by atoms with Gasteiger partial charge in [-0.2, -0.15) is 0 Å². The average molecular weight is 192 g/mol. The van der Waals surface area contributed by atoms with Gasteiger partial charge in [0.2, 0.25) is 0 Å². The quantitative estimate of drug-likeness (QED) is 0.514. The third-order valence-corrected chi connectivity index (χ3v) is 2.28. The molecule has 0 radical (unpaired) electrons. The van der Waals surface area contributed by atoms with Crippen LogP contribution in [-0.2, 0) is 16.1 Å². The standard InChI is InChI=1S/C10H12N2O2/c1-14-10(13)9-7-12(9)6-8-4-2-3-5-11-8/h2-5,9H,6-7H2,1H3. The molecule has 1 fully saturated rings. The summed E-state index contributed by atoms with van der Waals surface area (Å²) < 4.78 is 4.64. The minimum absolute atomic E-state index is 0.0537. The predicted molar refractivity (Wildman–Crippen MR) is 50.5 cm³/mol. The molecule has 74 valence electrons. The molecule has 1 aromatic heterocycles. The predicted octanol–water partition coefficient (Wildman–Crippen LogP) is 0.439. The molecule has 1 aromatic rings. The maximum atomic E-state index is 11.1. The Morgan fingerprint density at radius 3 is 3.21 bits per heavy atom. The monoisotopic (exact) mass is 192 g/mol. The van der Waals surface area contributed by atoms with E-state index < -0.39 is 0 Å². The van der Waals surface area contributed by atoms with Crippen LogP contribution in [0.4, 0.5) is 0 Å². The fourth-order valence-corrected chi connectivity index (χ4v) is 1.41. The Kier molecular flexibility index (Phi) is 2.45. The minimum Gasteiger partial charge on any atom is -0.468 e. The largest absolute Gasteiger partial charge is 0.468 e. The summed E-state index contributed by atoms with van der Waals surface area (Å²) in [5.41, 5.74) is 0.985. The van der Waals surface area contributed by atoms with Crippen molar-refractivity contribution in [3.8, 4) is 0 Å². The van der Waals surface area contributed by atoms with Crippen molar-refractivity contribution >= 4 is 5.97 Å².